The van der Waals surface area contributed by atoms with Gasteiger partial charge in [0.25, 0.3) is 0 Å². The summed E-state index contributed by atoms with van der Waals surface area (Å²) in [4.78, 5) is 0.826. The number of hydrogen-bond donors (Lipinski definition) is 2. The summed E-state index contributed by atoms with van der Waals surface area (Å²) in [6, 6.07) is 13.1. The molecule has 0 fully saturated rings. The molecule has 0 aliphatic heterocycles. The Bertz CT molecular complexity index is 562. The fourth-order valence-corrected chi connectivity index (χ4v) is 3.05. The van der Waals surface area contributed by atoms with Gasteiger partial charge in [-0.05, 0) is 48.5 Å². The predicted octanol–water partition coefficient (Wildman–Crippen LogP) is 4.90. The molecule has 0 aliphatic carbocycles. The molecule has 0 spiro atoms. The highest BCUT2D eigenvalue weighted by Gasteiger charge is 2.18. The summed E-state index contributed by atoms with van der Waals surface area (Å²) in [7, 11) is -3.07. The minimum atomic E-state index is -3.07. The van der Waals surface area contributed by atoms with Crippen molar-refractivity contribution in [1.29, 1.82) is 0 Å². The monoisotopic (exact) mass is 304 g/mol. The first-order chi connectivity index (χ1) is 10.1. The van der Waals surface area contributed by atoms with Crippen molar-refractivity contribution in [3.63, 3.8) is 0 Å². The molecule has 2 N–H and O–H groups in total. The molecule has 0 aromatic heterocycles. The van der Waals surface area contributed by atoms with Crippen molar-refractivity contribution >= 4 is 10.6 Å². The van der Waals surface area contributed by atoms with Crippen molar-refractivity contribution in [2.45, 2.75) is 9.79 Å². The van der Waals surface area contributed by atoms with Crippen LogP contribution in [0.2, 0.25) is 0 Å². The van der Waals surface area contributed by atoms with Crippen LogP contribution in [-0.2, 0) is 0 Å². The second kappa shape index (κ2) is 6.49. The average Bonchev–Trinajstić information content (AvgIpc) is 2.49. The van der Waals surface area contributed by atoms with Crippen LogP contribution >= 0.6 is 10.6 Å². The maximum atomic E-state index is 10.4. The highest BCUT2D eigenvalue weighted by molar-refractivity contribution is 8.24. The van der Waals surface area contributed by atoms with Crippen LogP contribution in [0.3, 0.4) is 0 Å². The van der Waals surface area contributed by atoms with Gasteiger partial charge in [-0.3, -0.25) is 9.11 Å². The number of hydrogen-bond acceptors (Lipinski definition) is 4. The zero-order chi connectivity index (χ0) is 15.3. The van der Waals surface area contributed by atoms with E-state index >= 15 is 0 Å². The van der Waals surface area contributed by atoms with E-state index in [4.69, 9.17) is 9.47 Å². The zero-order valence-corrected chi connectivity index (χ0v) is 12.1. The molecular weight excluding hydrogens is 288 g/mol. The number of rotatable bonds is 6. The van der Waals surface area contributed by atoms with Crippen molar-refractivity contribution < 1.29 is 18.6 Å². The van der Waals surface area contributed by atoms with Crippen LogP contribution in [0.15, 0.2) is 84.0 Å². The molecule has 0 heterocycles. The van der Waals surface area contributed by atoms with Crippen molar-refractivity contribution in [2.24, 2.45) is 0 Å². The number of ether oxygens (including phenoxy) is 2. The van der Waals surface area contributed by atoms with Gasteiger partial charge >= 0.3 is 0 Å². The van der Waals surface area contributed by atoms with Gasteiger partial charge in [-0.15, -0.1) is 10.6 Å². The molecule has 2 rings (SSSR count). The molecule has 5 heteroatoms. The van der Waals surface area contributed by atoms with Gasteiger partial charge in [0.2, 0.25) is 0 Å². The molecule has 0 atom stereocenters. The van der Waals surface area contributed by atoms with E-state index in [1.807, 2.05) is 0 Å². The van der Waals surface area contributed by atoms with Crippen LogP contribution in [-0.4, -0.2) is 9.11 Å². The van der Waals surface area contributed by atoms with Gasteiger partial charge in [0.1, 0.15) is 11.5 Å². The van der Waals surface area contributed by atoms with Gasteiger partial charge in [-0.1, -0.05) is 13.2 Å². The molecule has 0 bridgehead atoms. The molecular formula is C16H16O4S. The maximum absolute atomic E-state index is 10.4. The first kappa shape index (κ1) is 15.2. The van der Waals surface area contributed by atoms with Gasteiger partial charge in [0.05, 0.1) is 22.3 Å². The number of benzene rings is 2. The van der Waals surface area contributed by atoms with Gasteiger partial charge in [0, 0.05) is 0 Å². The van der Waals surface area contributed by atoms with E-state index < -0.39 is 10.6 Å². The summed E-state index contributed by atoms with van der Waals surface area (Å²) in [6.45, 7) is 6.93. The molecule has 110 valence electrons. The largest absolute Gasteiger partial charge is 0.466 e. The third-order valence-electron chi connectivity index (χ3n) is 2.74. The minimum Gasteiger partial charge on any atom is -0.466 e. The lowest BCUT2D eigenvalue weighted by atomic mass is 10.3. The first-order valence-corrected chi connectivity index (χ1v) is 7.66. The summed E-state index contributed by atoms with van der Waals surface area (Å²) < 4.78 is 31.0. The lowest BCUT2D eigenvalue weighted by Crippen LogP contribution is -1.99. The van der Waals surface area contributed by atoms with E-state index in [2.05, 4.69) is 13.2 Å². The third kappa shape index (κ3) is 3.46. The van der Waals surface area contributed by atoms with E-state index in [-0.39, 0.29) is 0 Å². The Balaban J connectivity index is 2.27. The lowest BCUT2D eigenvalue weighted by Gasteiger charge is -2.32. The molecule has 0 aliphatic rings. The SMILES string of the molecule is C=COc1ccc(S(O)(O)c2ccc(OC=C)cc2)cc1. The molecule has 0 radical (unpaired) electrons. The Morgan fingerprint density at radius 2 is 1.05 bits per heavy atom. The van der Waals surface area contributed by atoms with Crippen molar-refractivity contribution in [1.82, 2.24) is 0 Å². The summed E-state index contributed by atoms with van der Waals surface area (Å²) in [6.07, 6.45) is 2.62. The van der Waals surface area contributed by atoms with Crippen molar-refractivity contribution in [3.8, 4) is 11.5 Å². The smallest absolute Gasteiger partial charge is 0.126 e. The fraction of sp³-hybridized carbons (Fsp3) is 0. The van der Waals surface area contributed by atoms with Gasteiger partial charge in [0.15, 0.2) is 0 Å². The summed E-state index contributed by atoms with van der Waals surface area (Å²) in [5.41, 5.74) is 0. The third-order valence-corrected chi connectivity index (χ3v) is 4.60. The summed E-state index contributed by atoms with van der Waals surface area (Å²) in [5, 5.41) is 0. The molecule has 0 unspecified atom stereocenters. The Kier molecular flexibility index (Phi) is 4.70. The van der Waals surface area contributed by atoms with Crippen LogP contribution in [0, 0.1) is 0 Å². The predicted molar refractivity (Wildman–Crippen MR) is 83.9 cm³/mol. The van der Waals surface area contributed by atoms with Crippen molar-refractivity contribution in [3.05, 3.63) is 74.2 Å². The van der Waals surface area contributed by atoms with Crippen LogP contribution in [0.1, 0.15) is 0 Å². The Labute approximate surface area is 125 Å². The average molecular weight is 304 g/mol. The minimum absolute atomic E-state index is 0.413. The van der Waals surface area contributed by atoms with Gasteiger partial charge in [-0.2, -0.15) is 0 Å². The molecule has 2 aromatic rings. The fourth-order valence-electron chi connectivity index (χ4n) is 1.74. The normalized spacial score (nSPS) is 11.5. The van der Waals surface area contributed by atoms with E-state index in [9.17, 15) is 9.11 Å². The highest BCUT2D eigenvalue weighted by Crippen LogP contribution is 2.55. The molecule has 2 aromatic carbocycles. The Hall–Kier alpha value is -2.21. The van der Waals surface area contributed by atoms with Gasteiger partial charge < -0.3 is 9.47 Å². The van der Waals surface area contributed by atoms with Crippen molar-refractivity contribution in [2.75, 3.05) is 0 Å². The summed E-state index contributed by atoms with van der Waals surface area (Å²) >= 11 is 0. The molecule has 0 saturated heterocycles. The second-order valence-electron chi connectivity index (χ2n) is 4.06. The van der Waals surface area contributed by atoms with Gasteiger partial charge in [-0.25, -0.2) is 0 Å². The van der Waals surface area contributed by atoms with Crippen LogP contribution in [0.5, 0.6) is 11.5 Å². The van der Waals surface area contributed by atoms with E-state index in [0.29, 0.717) is 21.3 Å². The van der Waals surface area contributed by atoms with E-state index in [1.165, 1.54) is 12.5 Å². The molecule has 0 amide bonds. The Morgan fingerprint density at radius 1 is 0.714 bits per heavy atom. The van der Waals surface area contributed by atoms with E-state index in [1.54, 1.807) is 48.5 Å². The lowest BCUT2D eigenvalue weighted by molar-refractivity contribution is 0.477. The Morgan fingerprint density at radius 3 is 1.33 bits per heavy atom. The maximum Gasteiger partial charge on any atom is 0.126 e. The topological polar surface area (TPSA) is 58.9 Å². The van der Waals surface area contributed by atoms with E-state index in [0.717, 1.165) is 0 Å². The second-order valence-corrected chi connectivity index (χ2v) is 6.10. The molecule has 21 heavy (non-hydrogen) atoms. The first-order valence-electron chi connectivity index (χ1n) is 6.11. The zero-order valence-electron chi connectivity index (χ0n) is 11.3. The van der Waals surface area contributed by atoms with Crippen LogP contribution in [0.4, 0.5) is 0 Å². The quantitative estimate of drug-likeness (QED) is 0.745. The van der Waals surface area contributed by atoms with Crippen LogP contribution in [0.25, 0.3) is 0 Å². The summed E-state index contributed by atoms with van der Waals surface area (Å²) in [5.74, 6) is 1.16. The standard InChI is InChI=1S/C16H16O4S/c1-3-19-13-5-9-15(10-6-13)21(17,18)16-11-7-14(8-12-16)20-4-2/h3-12,17-18H,1-2H2. The van der Waals surface area contributed by atoms with Crippen LogP contribution < -0.4 is 9.47 Å². The molecule has 0 saturated carbocycles. The molecule has 4 nitrogen and oxygen atoms in total. The highest BCUT2D eigenvalue weighted by atomic mass is 32.3.